The molecule has 0 aliphatic carbocycles. The lowest BCUT2D eigenvalue weighted by molar-refractivity contribution is -0.128. The zero-order chi connectivity index (χ0) is 27.9. The summed E-state index contributed by atoms with van der Waals surface area (Å²) < 4.78 is 6.65. The fourth-order valence-corrected chi connectivity index (χ4v) is 5.04. The molecule has 1 amide bonds. The molecule has 0 atom stereocenters. The number of carbonyl (C=O) groups is 1. The number of aryl methyl sites for hydroxylation is 2. The van der Waals surface area contributed by atoms with Gasteiger partial charge in [-0.1, -0.05) is 18.2 Å². The summed E-state index contributed by atoms with van der Waals surface area (Å²) in [7, 11) is 3.57. The van der Waals surface area contributed by atoms with Crippen molar-refractivity contribution in [2.24, 2.45) is 5.10 Å². The van der Waals surface area contributed by atoms with Crippen LogP contribution in [0.4, 0.5) is 23.5 Å². The first kappa shape index (κ1) is 27.4. The first-order valence-electron chi connectivity index (χ1n) is 13.2. The highest BCUT2D eigenvalue weighted by Crippen LogP contribution is 2.22. The van der Waals surface area contributed by atoms with E-state index >= 15 is 0 Å². The molecular formula is C28H33N9O2S. The summed E-state index contributed by atoms with van der Waals surface area (Å²) in [4.78, 5) is 33.9. The number of amides is 1. The van der Waals surface area contributed by atoms with Crippen LogP contribution in [0.5, 0.6) is 0 Å². The van der Waals surface area contributed by atoms with Crippen molar-refractivity contribution >= 4 is 57.2 Å². The second-order valence-electron chi connectivity index (χ2n) is 9.68. The van der Waals surface area contributed by atoms with Gasteiger partial charge in [0.2, 0.25) is 23.8 Å². The number of anilines is 4. The van der Waals surface area contributed by atoms with Gasteiger partial charge in [-0.15, -0.1) is 11.3 Å². The number of rotatable bonds is 10. The summed E-state index contributed by atoms with van der Waals surface area (Å²) in [5, 5.41) is 8.70. The molecule has 0 spiro atoms. The lowest BCUT2D eigenvalue weighted by Gasteiger charge is -2.27. The van der Waals surface area contributed by atoms with Crippen LogP contribution in [0.2, 0.25) is 0 Å². The highest BCUT2D eigenvalue weighted by atomic mass is 32.1. The third-order valence-corrected chi connectivity index (χ3v) is 7.33. The van der Waals surface area contributed by atoms with E-state index in [2.05, 4.69) is 58.9 Å². The number of morpholine rings is 1. The minimum Gasteiger partial charge on any atom is -0.378 e. The summed E-state index contributed by atoms with van der Waals surface area (Å²) in [6.07, 6.45) is 3.92. The van der Waals surface area contributed by atoms with Crippen LogP contribution in [-0.4, -0.2) is 77.4 Å². The summed E-state index contributed by atoms with van der Waals surface area (Å²) in [5.74, 6) is 1.45. The van der Waals surface area contributed by atoms with E-state index in [1.165, 1.54) is 5.56 Å². The quantitative estimate of drug-likeness (QED) is 0.217. The molecule has 1 aliphatic heterocycles. The summed E-state index contributed by atoms with van der Waals surface area (Å²) >= 11 is 1.67. The van der Waals surface area contributed by atoms with E-state index in [-0.39, 0.29) is 5.91 Å². The second kappa shape index (κ2) is 12.8. The van der Waals surface area contributed by atoms with Crippen LogP contribution in [0.15, 0.2) is 47.6 Å². The maximum absolute atomic E-state index is 11.8. The molecule has 2 N–H and O–H groups in total. The van der Waals surface area contributed by atoms with Crippen molar-refractivity contribution in [2.45, 2.75) is 26.2 Å². The Morgan fingerprint density at radius 1 is 1.07 bits per heavy atom. The maximum Gasteiger partial charge on any atom is 0.250 e. The van der Waals surface area contributed by atoms with Gasteiger partial charge in [0.1, 0.15) is 0 Å². The highest BCUT2D eigenvalue weighted by Gasteiger charge is 2.17. The van der Waals surface area contributed by atoms with Gasteiger partial charge in [-0.05, 0) is 55.2 Å². The molecule has 2 aromatic heterocycles. The van der Waals surface area contributed by atoms with Crippen LogP contribution >= 0.6 is 11.3 Å². The van der Waals surface area contributed by atoms with E-state index < -0.39 is 0 Å². The number of carbonyl (C=O) groups excluding carboxylic acids is 1. The molecule has 2 aromatic carbocycles. The van der Waals surface area contributed by atoms with Crippen molar-refractivity contribution in [3.05, 3.63) is 58.6 Å². The molecule has 0 bridgehead atoms. The molecule has 1 fully saturated rings. The van der Waals surface area contributed by atoms with Gasteiger partial charge < -0.3 is 19.9 Å². The Morgan fingerprint density at radius 2 is 1.85 bits per heavy atom. The number of benzene rings is 2. The Hall–Kier alpha value is -4.16. The topological polar surface area (TPSA) is 121 Å². The molecule has 5 rings (SSSR count). The number of hydrazone groups is 1. The predicted octanol–water partition coefficient (Wildman–Crippen LogP) is 4.23. The van der Waals surface area contributed by atoms with Gasteiger partial charge in [-0.25, -0.2) is 10.4 Å². The zero-order valence-corrected chi connectivity index (χ0v) is 23.7. The molecule has 12 heteroatoms. The average Bonchev–Trinajstić information content (AvgIpc) is 3.33. The van der Waals surface area contributed by atoms with Crippen LogP contribution in [0.25, 0.3) is 10.2 Å². The van der Waals surface area contributed by atoms with Crippen LogP contribution in [0.3, 0.4) is 0 Å². The molecule has 0 saturated carbocycles. The first-order valence-corrected chi connectivity index (χ1v) is 14.1. The van der Waals surface area contributed by atoms with Gasteiger partial charge in [-0.2, -0.15) is 20.1 Å². The summed E-state index contributed by atoms with van der Waals surface area (Å²) in [6.45, 7) is 4.64. The number of nitrogens with zero attached hydrogens (tertiary/aromatic N) is 7. The SMILES string of the molecule is Cc1nc2cc(/C=N/Nc3nc(Nc4ccc(CCCC(=O)N(C)C)cc4)nc(N4CCOCC4)n3)ccc2s1. The Bertz CT molecular complexity index is 1480. The normalized spacial score (nSPS) is 13.6. The van der Waals surface area contributed by atoms with Crippen molar-refractivity contribution < 1.29 is 9.53 Å². The number of ether oxygens (including phenoxy) is 1. The van der Waals surface area contributed by atoms with E-state index in [1.54, 1.807) is 36.5 Å². The fraction of sp³-hybridized carbons (Fsp3) is 0.357. The Balaban J connectivity index is 1.28. The number of thiazole rings is 1. The molecule has 0 radical (unpaired) electrons. The van der Waals surface area contributed by atoms with Crippen LogP contribution in [0.1, 0.15) is 29.0 Å². The molecule has 1 saturated heterocycles. The first-order chi connectivity index (χ1) is 19.4. The minimum absolute atomic E-state index is 0.147. The number of fused-ring (bicyclic) bond motifs is 1. The molecule has 1 aliphatic rings. The van der Waals surface area contributed by atoms with E-state index in [9.17, 15) is 4.79 Å². The monoisotopic (exact) mass is 559 g/mol. The Kier molecular flexibility index (Phi) is 8.77. The number of nitrogens with one attached hydrogen (secondary N) is 2. The zero-order valence-electron chi connectivity index (χ0n) is 22.9. The van der Waals surface area contributed by atoms with Gasteiger partial charge in [-0.3, -0.25) is 4.79 Å². The van der Waals surface area contributed by atoms with Crippen molar-refractivity contribution in [1.29, 1.82) is 0 Å². The van der Waals surface area contributed by atoms with E-state index in [0.717, 1.165) is 39.3 Å². The largest absolute Gasteiger partial charge is 0.378 e. The molecule has 40 heavy (non-hydrogen) atoms. The maximum atomic E-state index is 11.8. The van der Waals surface area contributed by atoms with Crippen LogP contribution in [-0.2, 0) is 16.0 Å². The molecule has 4 aromatic rings. The standard InChI is InChI=1S/C28H33N9O2S/c1-19-30-23-17-21(9-12-24(23)40-19)18-29-35-27-32-26(33-28(34-27)37-13-15-39-16-14-37)31-22-10-7-20(8-11-22)5-4-6-25(38)36(2)3/h7-12,17-18H,4-6,13-16H2,1-3H3,(H2,31,32,33,34,35)/b29-18+. The Labute approximate surface area is 237 Å². The molecular weight excluding hydrogens is 526 g/mol. The third kappa shape index (κ3) is 7.27. The van der Waals surface area contributed by atoms with E-state index in [1.807, 2.05) is 31.2 Å². The predicted molar refractivity (Wildman–Crippen MR) is 160 cm³/mol. The van der Waals surface area contributed by atoms with Crippen LogP contribution in [0, 0.1) is 6.92 Å². The lowest BCUT2D eigenvalue weighted by Crippen LogP contribution is -2.37. The Morgan fingerprint density at radius 3 is 2.62 bits per heavy atom. The van der Waals surface area contributed by atoms with Gasteiger partial charge in [0, 0.05) is 39.3 Å². The number of aromatic nitrogens is 4. The average molecular weight is 560 g/mol. The second-order valence-corrected chi connectivity index (χ2v) is 10.9. The summed E-state index contributed by atoms with van der Waals surface area (Å²) in [5.41, 5.74) is 6.87. The molecule has 11 nitrogen and oxygen atoms in total. The molecule has 208 valence electrons. The smallest absolute Gasteiger partial charge is 0.250 e. The van der Waals surface area contributed by atoms with Crippen molar-refractivity contribution in [3.8, 4) is 0 Å². The third-order valence-electron chi connectivity index (χ3n) is 6.38. The van der Waals surface area contributed by atoms with Crippen molar-refractivity contribution in [1.82, 2.24) is 24.8 Å². The molecule has 3 heterocycles. The van der Waals surface area contributed by atoms with Crippen molar-refractivity contribution in [2.75, 3.05) is 56.0 Å². The van der Waals surface area contributed by atoms with Gasteiger partial charge >= 0.3 is 0 Å². The highest BCUT2D eigenvalue weighted by molar-refractivity contribution is 7.18. The molecule has 0 unspecified atom stereocenters. The van der Waals surface area contributed by atoms with E-state index in [0.29, 0.717) is 50.6 Å². The van der Waals surface area contributed by atoms with Gasteiger partial charge in [0.15, 0.2) is 0 Å². The van der Waals surface area contributed by atoms with Gasteiger partial charge in [0.05, 0.1) is 34.7 Å². The minimum atomic E-state index is 0.147. The van der Waals surface area contributed by atoms with Crippen molar-refractivity contribution in [3.63, 3.8) is 0 Å². The number of hydrogen-bond acceptors (Lipinski definition) is 11. The lowest BCUT2D eigenvalue weighted by atomic mass is 10.1. The van der Waals surface area contributed by atoms with Crippen LogP contribution < -0.4 is 15.6 Å². The summed E-state index contributed by atoms with van der Waals surface area (Å²) in [6, 6.07) is 14.2. The van der Waals surface area contributed by atoms with Gasteiger partial charge in [0.25, 0.3) is 0 Å². The number of hydrogen-bond donors (Lipinski definition) is 2. The van der Waals surface area contributed by atoms with E-state index in [4.69, 9.17) is 4.74 Å². The fourth-order valence-electron chi connectivity index (χ4n) is 4.23.